The van der Waals surface area contributed by atoms with Crippen molar-refractivity contribution in [2.24, 2.45) is 5.73 Å². The second kappa shape index (κ2) is 5.55. The van der Waals surface area contributed by atoms with E-state index < -0.39 is 6.04 Å². The molecule has 0 amide bonds. The summed E-state index contributed by atoms with van der Waals surface area (Å²) in [5.74, 6) is 0.0826. The van der Waals surface area contributed by atoms with Crippen LogP contribution >= 0.6 is 15.9 Å². The van der Waals surface area contributed by atoms with Crippen molar-refractivity contribution >= 4 is 15.9 Å². The maximum absolute atomic E-state index is 13.2. The molecule has 0 aliphatic heterocycles. The van der Waals surface area contributed by atoms with Gasteiger partial charge in [0, 0.05) is 16.6 Å². The number of aliphatic hydroxyl groups is 1. The number of hydrogen-bond acceptors (Lipinski definition) is 5. The van der Waals surface area contributed by atoms with Crippen LogP contribution in [0.1, 0.15) is 18.4 Å². The van der Waals surface area contributed by atoms with Crippen LogP contribution in [0.25, 0.3) is 11.4 Å². The Kier molecular flexibility index (Phi) is 4.05. The second-order valence-corrected chi connectivity index (χ2v) is 4.55. The van der Waals surface area contributed by atoms with Gasteiger partial charge in [-0.2, -0.15) is 4.98 Å². The first kappa shape index (κ1) is 13.1. The highest BCUT2D eigenvalue weighted by Crippen LogP contribution is 2.27. The van der Waals surface area contributed by atoms with E-state index in [1.165, 1.54) is 12.1 Å². The topological polar surface area (TPSA) is 85.2 Å². The zero-order chi connectivity index (χ0) is 13.1. The molecule has 18 heavy (non-hydrogen) atoms. The lowest BCUT2D eigenvalue weighted by atomic mass is 10.2. The van der Waals surface area contributed by atoms with Crippen LogP contribution < -0.4 is 5.73 Å². The Morgan fingerprint density at radius 2 is 2.28 bits per heavy atom. The average Bonchev–Trinajstić information content (AvgIpc) is 2.82. The fourth-order valence-corrected chi connectivity index (χ4v) is 1.85. The van der Waals surface area contributed by atoms with Gasteiger partial charge in [-0.15, -0.1) is 0 Å². The number of hydrogen-bond donors (Lipinski definition) is 2. The van der Waals surface area contributed by atoms with E-state index in [4.69, 9.17) is 15.4 Å². The first-order valence-electron chi connectivity index (χ1n) is 5.27. The molecule has 7 heteroatoms. The summed E-state index contributed by atoms with van der Waals surface area (Å²) in [4.78, 5) is 4.09. The first-order valence-corrected chi connectivity index (χ1v) is 6.06. The average molecular weight is 316 g/mol. The van der Waals surface area contributed by atoms with Crippen LogP contribution in [0.5, 0.6) is 0 Å². The monoisotopic (exact) mass is 315 g/mol. The molecule has 0 saturated carbocycles. The number of aliphatic hydroxyl groups excluding tert-OH is 1. The molecular formula is C11H11BrFN3O2. The zero-order valence-corrected chi connectivity index (χ0v) is 10.9. The van der Waals surface area contributed by atoms with Gasteiger partial charge in [-0.3, -0.25) is 0 Å². The van der Waals surface area contributed by atoms with E-state index >= 15 is 0 Å². The summed E-state index contributed by atoms with van der Waals surface area (Å²) in [5, 5.41) is 12.5. The quantitative estimate of drug-likeness (QED) is 0.901. The van der Waals surface area contributed by atoms with Crippen LogP contribution in [0.3, 0.4) is 0 Å². The summed E-state index contributed by atoms with van der Waals surface area (Å²) in [6.45, 7) is -0.0669. The lowest BCUT2D eigenvalue weighted by molar-refractivity contribution is 0.259. The number of nitrogens with two attached hydrogens (primary N) is 1. The van der Waals surface area contributed by atoms with E-state index in [9.17, 15) is 4.39 Å². The van der Waals surface area contributed by atoms with E-state index in [2.05, 4.69) is 26.1 Å². The maximum atomic E-state index is 13.2. The van der Waals surface area contributed by atoms with E-state index in [1.807, 2.05) is 0 Å². The van der Waals surface area contributed by atoms with Gasteiger partial charge in [-0.25, -0.2) is 4.39 Å². The highest BCUT2D eigenvalue weighted by Gasteiger charge is 2.17. The predicted octanol–water partition coefficient (Wildman–Crippen LogP) is 2.02. The van der Waals surface area contributed by atoms with Gasteiger partial charge in [0.05, 0.1) is 6.04 Å². The molecule has 0 fully saturated rings. The Balaban J connectivity index is 2.32. The fourth-order valence-electron chi connectivity index (χ4n) is 1.43. The summed E-state index contributed by atoms with van der Waals surface area (Å²) >= 11 is 3.28. The number of rotatable bonds is 4. The summed E-state index contributed by atoms with van der Waals surface area (Å²) in [6.07, 6.45) is 0.325. The minimum Gasteiger partial charge on any atom is -0.396 e. The smallest absolute Gasteiger partial charge is 0.243 e. The van der Waals surface area contributed by atoms with Crippen LogP contribution in [0.15, 0.2) is 27.2 Å². The maximum Gasteiger partial charge on any atom is 0.243 e. The lowest BCUT2D eigenvalue weighted by Gasteiger charge is -2.02. The molecule has 1 aromatic carbocycles. The molecular weight excluding hydrogens is 305 g/mol. The number of benzene rings is 1. The Hall–Kier alpha value is -1.31. The third kappa shape index (κ3) is 2.74. The summed E-state index contributed by atoms with van der Waals surface area (Å²) in [7, 11) is 0. The lowest BCUT2D eigenvalue weighted by Crippen LogP contribution is -2.12. The van der Waals surface area contributed by atoms with Gasteiger partial charge in [0.2, 0.25) is 11.7 Å². The van der Waals surface area contributed by atoms with Crippen molar-refractivity contribution in [1.82, 2.24) is 10.1 Å². The number of aromatic nitrogens is 2. The third-order valence-corrected chi connectivity index (χ3v) is 3.06. The van der Waals surface area contributed by atoms with Crippen molar-refractivity contribution in [3.63, 3.8) is 0 Å². The molecule has 2 aromatic rings. The van der Waals surface area contributed by atoms with Gasteiger partial charge in [0.25, 0.3) is 0 Å². The second-order valence-electron chi connectivity index (χ2n) is 3.70. The van der Waals surface area contributed by atoms with Crippen LogP contribution in [0, 0.1) is 5.82 Å². The van der Waals surface area contributed by atoms with Crippen LogP contribution in [0.2, 0.25) is 0 Å². The van der Waals surface area contributed by atoms with Gasteiger partial charge in [-0.1, -0.05) is 21.1 Å². The van der Waals surface area contributed by atoms with Gasteiger partial charge in [0.15, 0.2) is 0 Å². The minimum absolute atomic E-state index is 0.0669. The summed E-state index contributed by atoms with van der Waals surface area (Å²) in [5.41, 5.74) is 6.21. The van der Waals surface area contributed by atoms with E-state index in [1.54, 1.807) is 6.07 Å². The standard InChI is InChI=1S/C11H11BrFN3O2/c12-8-2-1-6(13)5-7(8)10-15-11(18-16-10)9(14)3-4-17/h1-2,5,9,17H,3-4,14H2. The predicted molar refractivity (Wildman–Crippen MR) is 66.0 cm³/mol. The molecule has 1 heterocycles. The van der Waals surface area contributed by atoms with Gasteiger partial charge in [0.1, 0.15) is 5.82 Å². The number of halogens is 2. The van der Waals surface area contributed by atoms with E-state index in [0.29, 0.717) is 16.5 Å². The van der Waals surface area contributed by atoms with E-state index in [-0.39, 0.29) is 24.1 Å². The Bertz CT molecular complexity index is 547. The molecule has 0 aliphatic carbocycles. The van der Waals surface area contributed by atoms with Crippen LogP contribution in [-0.2, 0) is 0 Å². The largest absolute Gasteiger partial charge is 0.396 e. The molecule has 96 valence electrons. The normalized spacial score (nSPS) is 12.7. The van der Waals surface area contributed by atoms with Crippen molar-refractivity contribution in [2.75, 3.05) is 6.61 Å². The zero-order valence-electron chi connectivity index (χ0n) is 9.31. The van der Waals surface area contributed by atoms with Crippen molar-refractivity contribution in [2.45, 2.75) is 12.5 Å². The Labute approximate surface area is 111 Å². The SMILES string of the molecule is NC(CCO)c1nc(-c2cc(F)ccc2Br)no1. The minimum atomic E-state index is -0.524. The molecule has 0 radical (unpaired) electrons. The molecule has 3 N–H and O–H groups in total. The molecule has 0 bridgehead atoms. The van der Waals surface area contributed by atoms with Crippen molar-refractivity contribution in [3.05, 3.63) is 34.4 Å². The Morgan fingerprint density at radius 3 is 3.00 bits per heavy atom. The first-order chi connectivity index (χ1) is 8.61. The molecule has 1 atom stereocenters. The summed E-state index contributed by atoms with van der Waals surface area (Å²) < 4.78 is 18.8. The highest BCUT2D eigenvalue weighted by atomic mass is 79.9. The van der Waals surface area contributed by atoms with Gasteiger partial charge < -0.3 is 15.4 Å². The molecule has 0 spiro atoms. The van der Waals surface area contributed by atoms with Crippen LogP contribution in [0.4, 0.5) is 4.39 Å². The van der Waals surface area contributed by atoms with Crippen LogP contribution in [-0.4, -0.2) is 21.9 Å². The molecule has 5 nitrogen and oxygen atoms in total. The summed E-state index contributed by atoms with van der Waals surface area (Å²) in [6, 6.07) is 3.67. The molecule has 2 rings (SSSR count). The van der Waals surface area contributed by atoms with Gasteiger partial charge >= 0.3 is 0 Å². The molecule has 0 aliphatic rings. The molecule has 1 aromatic heterocycles. The fraction of sp³-hybridized carbons (Fsp3) is 0.273. The molecule has 1 unspecified atom stereocenters. The third-order valence-electron chi connectivity index (χ3n) is 2.37. The number of nitrogens with zero attached hydrogens (tertiary/aromatic N) is 2. The highest BCUT2D eigenvalue weighted by molar-refractivity contribution is 9.10. The molecule has 0 saturated heterocycles. The van der Waals surface area contributed by atoms with E-state index in [0.717, 1.165) is 0 Å². The van der Waals surface area contributed by atoms with Crippen molar-refractivity contribution in [1.29, 1.82) is 0 Å². The van der Waals surface area contributed by atoms with Gasteiger partial charge in [-0.05, 0) is 24.6 Å². The van der Waals surface area contributed by atoms with Crippen molar-refractivity contribution in [3.8, 4) is 11.4 Å². The Morgan fingerprint density at radius 1 is 1.50 bits per heavy atom. The van der Waals surface area contributed by atoms with Crippen molar-refractivity contribution < 1.29 is 14.0 Å².